The highest BCUT2D eigenvalue weighted by molar-refractivity contribution is 7.91. The van der Waals surface area contributed by atoms with Crippen LogP contribution in [0.3, 0.4) is 0 Å². The Hall–Kier alpha value is -1.17. The van der Waals surface area contributed by atoms with Gasteiger partial charge in [0, 0.05) is 38.8 Å². The molecule has 1 aromatic carbocycles. The lowest BCUT2D eigenvalue weighted by Gasteiger charge is -2.37. The maximum Gasteiger partial charge on any atom is 0.151 e. The van der Waals surface area contributed by atoms with Crippen molar-refractivity contribution in [2.24, 2.45) is 0 Å². The summed E-state index contributed by atoms with van der Waals surface area (Å²) >= 11 is 0. The summed E-state index contributed by atoms with van der Waals surface area (Å²) < 4.78 is 23.2. The van der Waals surface area contributed by atoms with Crippen LogP contribution < -0.4 is 0 Å². The van der Waals surface area contributed by atoms with Crippen LogP contribution in [0.15, 0.2) is 35.9 Å². The summed E-state index contributed by atoms with van der Waals surface area (Å²) in [5.74, 6) is 0.733. The molecule has 2 aliphatic rings. The normalized spacial score (nSPS) is 26.5. The standard InChI is InChI=1S/C18H26N2O2S/c1-16(13-17-5-3-2-4-6-17)14-19-8-10-20(11-9-19)18-7-12-23(21,22)15-18/h2-6,13,18H,7-12,14-15H2,1H3/b16-13+. The number of hydrogen-bond acceptors (Lipinski definition) is 4. The Kier molecular flexibility index (Phi) is 5.19. The molecule has 2 heterocycles. The number of sulfone groups is 1. The third-order valence-corrected chi connectivity index (χ3v) is 6.57. The summed E-state index contributed by atoms with van der Waals surface area (Å²) in [4.78, 5) is 4.84. The van der Waals surface area contributed by atoms with Crippen LogP contribution in [0, 0.1) is 0 Å². The number of benzene rings is 1. The highest BCUT2D eigenvalue weighted by atomic mass is 32.2. The van der Waals surface area contributed by atoms with Gasteiger partial charge in [0.05, 0.1) is 11.5 Å². The van der Waals surface area contributed by atoms with Gasteiger partial charge >= 0.3 is 0 Å². The lowest BCUT2D eigenvalue weighted by Crippen LogP contribution is -2.50. The first kappa shape index (κ1) is 16.7. The molecule has 0 radical (unpaired) electrons. The Morgan fingerprint density at radius 3 is 2.48 bits per heavy atom. The maximum atomic E-state index is 11.6. The molecule has 5 heteroatoms. The summed E-state index contributed by atoms with van der Waals surface area (Å²) in [6.07, 6.45) is 3.06. The van der Waals surface area contributed by atoms with E-state index in [0.717, 1.165) is 39.1 Å². The Bertz CT molecular complexity index is 647. The first-order valence-corrected chi connectivity index (χ1v) is 10.2. The zero-order chi connectivity index (χ0) is 16.3. The SMILES string of the molecule is C/C(=C\c1ccccc1)CN1CCN(C2CCS(=O)(=O)C2)CC1. The topological polar surface area (TPSA) is 40.6 Å². The fourth-order valence-corrected chi connectivity index (χ4v) is 5.34. The monoisotopic (exact) mass is 334 g/mol. The predicted molar refractivity (Wildman–Crippen MR) is 95.2 cm³/mol. The fourth-order valence-electron chi connectivity index (χ4n) is 3.58. The molecule has 4 nitrogen and oxygen atoms in total. The second-order valence-corrected chi connectivity index (χ2v) is 9.00. The minimum absolute atomic E-state index is 0.253. The van der Waals surface area contributed by atoms with Crippen molar-refractivity contribution in [3.63, 3.8) is 0 Å². The second-order valence-electron chi connectivity index (χ2n) is 6.77. The molecule has 3 rings (SSSR count). The molecule has 2 fully saturated rings. The van der Waals surface area contributed by atoms with Crippen LogP contribution >= 0.6 is 0 Å². The minimum Gasteiger partial charge on any atom is -0.297 e. The van der Waals surface area contributed by atoms with Gasteiger partial charge in [0.2, 0.25) is 0 Å². The van der Waals surface area contributed by atoms with Gasteiger partial charge in [-0.1, -0.05) is 42.0 Å². The van der Waals surface area contributed by atoms with E-state index in [-0.39, 0.29) is 6.04 Å². The Balaban J connectivity index is 1.49. The second kappa shape index (κ2) is 7.16. The van der Waals surface area contributed by atoms with Crippen LogP contribution in [0.1, 0.15) is 18.9 Å². The van der Waals surface area contributed by atoms with E-state index in [4.69, 9.17) is 0 Å². The van der Waals surface area contributed by atoms with Gasteiger partial charge < -0.3 is 0 Å². The van der Waals surface area contributed by atoms with Crippen molar-refractivity contribution < 1.29 is 8.42 Å². The molecule has 0 N–H and O–H groups in total. The van der Waals surface area contributed by atoms with Gasteiger partial charge in [0.25, 0.3) is 0 Å². The molecule has 0 aliphatic carbocycles. The quantitative estimate of drug-likeness (QED) is 0.843. The van der Waals surface area contributed by atoms with Crippen LogP contribution in [-0.2, 0) is 9.84 Å². The van der Waals surface area contributed by atoms with Crippen molar-refractivity contribution in [2.75, 3.05) is 44.2 Å². The van der Waals surface area contributed by atoms with Gasteiger partial charge in [-0.3, -0.25) is 9.80 Å². The average molecular weight is 334 g/mol. The molecule has 0 aromatic heterocycles. The first-order valence-electron chi connectivity index (χ1n) is 8.41. The molecular weight excluding hydrogens is 308 g/mol. The molecule has 0 spiro atoms. The first-order chi connectivity index (χ1) is 11.0. The van der Waals surface area contributed by atoms with Gasteiger partial charge in [-0.15, -0.1) is 0 Å². The molecule has 1 atom stereocenters. The highest BCUT2D eigenvalue weighted by Gasteiger charge is 2.33. The van der Waals surface area contributed by atoms with E-state index < -0.39 is 9.84 Å². The van der Waals surface area contributed by atoms with Crippen molar-refractivity contribution in [1.82, 2.24) is 9.80 Å². The largest absolute Gasteiger partial charge is 0.297 e. The molecule has 0 bridgehead atoms. The number of nitrogens with zero attached hydrogens (tertiary/aromatic N) is 2. The van der Waals surface area contributed by atoms with Crippen LogP contribution in [0.25, 0.3) is 6.08 Å². The predicted octanol–water partition coefficient (Wildman–Crippen LogP) is 1.89. The van der Waals surface area contributed by atoms with Crippen molar-refractivity contribution in [2.45, 2.75) is 19.4 Å². The smallest absolute Gasteiger partial charge is 0.151 e. The summed E-state index contributed by atoms with van der Waals surface area (Å²) in [6.45, 7) is 7.19. The van der Waals surface area contributed by atoms with E-state index >= 15 is 0 Å². The van der Waals surface area contributed by atoms with Crippen molar-refractivity contribution >= 4 is 15.9 Å². The molecular formula is C18H26N2O2S. The van der Waals surface area contributed by atoms with Crippen molar-refractivity contribution in [1.29, 1.82) is 0 Å². The Labute approximate surface area is 139 Å². The van der Waals surface area contributed by atoms with E-state index in [2.05, 4.69) is 47.1 Å². The van der Waals surface area contributed by atoms with Gasteiger partial charge in [-0.05, 0) is 18.9 Å². The van der Waals surface area contributed by atoms with E-state index in [0.29, 0.717) is 11.5 Å². The summed E-state index contributed by atoms with van der Waals surface area (Å²) in [5, 5.41) is 0. The van der Waals surface area contributed by atoms with Crippen LogP contribution in [0.4, 0.5) is 0 Å². The number of hydrogen-bond donors (Lipinski definition) is 0. The molecule has 1 unspecified atom stereocenters. The molecule has 23 heavy (non-hydrogen) atoms. The van der Waals surface area contributed by atoms with Gasteiger partial charge in [0.15, 0.2) is 9.84 Å². The van der Waals surface area contributed by atoms with Crippen LogP contribution in [0.2, 0.25) is 0 Å². The summed E-state index contributed by atoms with van der Waals surface area (Å²) in [5.41, 5.74) is 2.62. The van der Waals surface area contributed by atoms with Gasteiger partial charge in [0.1, 0.15) is 0 Å². The van der Waals surface area contributed by atoms with E-state index in [9.17, 15) is 8.42 Å². The Morgan fingerprint density at radius 2 is 1.87 bits per heavy atom. The van der Waals surface area contributed by atoms with Gasteiger partial charge in [-0.2, -0.15) is 0 Å². The molecule has 0 saturated carbocycles. The van der Waals surface area contributed by atoms with Gasteiger partial charge in [-0.25, -0.2) is 8.42 Å². The lowest BCUT2D eigenvalue weighted by molar-refractivity contribution is 0.111. The summed E-state index contributed by atoms with van der Waals surface area (Å²) in [6, 6.07) is 10.7. The zero-order valence-corrected chi connectivity index (χ0v) is 14.6. The maximum absolute atomic E-state index is 11.6. The highest BCUT2D eigenvalue weighted by Crippen LogP contribution is 2.19. The molecule has 2 aliphatic heterocycles. The molecule has 1 aromatic rings. The Morgan fingerprint density at radius 1 is 1.17 bits per heavy atom. The molecule has 0 amide bonds. The van der Waals surface area contributed by atoms with Crippen molar-refractivity contribution in [3.8, 4) is 0 Å². The minimum atomic E-state index is -2.78. The van der Waals surface area contributed by atoms with Crippen LogP contribution in [0.5, 0.6) is 0 Å². The average Bonchev–Trinajstić information content (AvgIpc) is 2.89. The lowest BCUT2D eigenvalue weighted by atomic mass is 10.1. The zero-order valence-electron chi connectivity index (χ0n) is 13.8. The third kappa shape index (κ3) is 4.66. The van der Waals surface area contributed by atoms with E-state index in [1.165, 1.54) is 11.1 Å². The van der Waals surface area contributed by atoms with E-state index in [1.807, 2.05) is 6.07 Å². The fraction of sp³-hybridized carbons (Fsp3) is 0.556. The van der Waals surface area contributed by atoms with Crippen LogP contribution in [-0.4, -0.2) is 68.5 Å². The molecule has 126 valence electrons. The summed E-state index contributed by atoms with van der Waals surface area (Å²) in [7, 11) is -2.78. The van der Waals surface area contributed by atoms with E-state index in [1.54, 1.807) is 0 Å². The molecule has 2 saturated heterocycles. The number of rotatable bonds is 4. The number of piperazine rings is 1. The third-order valence-electron chi connectivity index (χ3n) is 4.82. The van der Waals surface area contributed by atoms with Crippen molar-refractivity contribution in [3.05, 3.63) is 41.5 Å².